The van der Waals surface area contributed by atoms with Crippen molar-refractivity contribution in [3.05, 3.63) is 211 Å². The predicted molar refractivity (Wildman–Crippen MR) is 250 cm³/mol. The van der Waals surface area contributed by atoms with Crippen molar-refractivity contribution in [1.82, 2.24) is 0 Å². The first-order valence-corrected chi connectivity index (χ1v) is 20.7. The largest absolute Gasteiger partial charge is 0.456 e. The second-order valence-corrected chi connectivity index (χ2v) is 16.5. The van der Waals surface area contributed by atoms with Crippen LogP contribution in [0.25, 0.3) is 88.4 Å². The van der Waals surface area contributed by atoms with E-state index in [0.717, 1.165) is 83.2 Å². The molecule has 0 fully saturated rings. The molecule has 0 aliphatic heterocycles. The molecule has 0 N–H and O–H groups in total. The zero-order valence-corrected chi connectivity index (χ0v) is 33.3. The Bertz CT molecular complexity index is 3460. The third kappa shape index (κ3) is 5.29. The first-order chi connectivity index (χ1) is 29.5. The van der Waals surface area contributed by atoms with Gasteiger partial charge in [-0.05, 0) is 111 Å². The van der Waals surface area contributed by atoms with E-state index in [0.29, 0.717) is 0 Å². The van der Waals surface area contributed by atoms with Crippen LogP contribution in [0.4, 0.5) is 17.1 Å². The SMILES string of the molecule is CC1(C)c2ccccc2-c2ccc(N(c3ccc(-c4ccc5oc6ccccc6c5c4-c4cccc(-c5ccccc5)c4)cc3)c3ccc4c(c3)oc3ccccc34)cc21. The molecule has 0 saturated carbocycles. The second-order valence-electron chi connectivity index (χ2n) is 16.5. The maximum atomic E-state index is 6.47. The smallest absolute Gasteiger partial charge is 0.137 e. The topological polar surface area (TPSA) is 29.5 Å². The van der Waals surface area contributed by atoms with Gasteiger partial charge in [0.05, 0.1) is 0 Å². The van der Waals surface area contributed by atoms with Gasteiger partial charge in [0.15, 0.2) is 0 Å². The van der Waals surface area contributed by atoms with Gasteiger partial charge >= 0.3 is 0 Å². The van der Waals surface area contributed by atoms with Crippen molar-refractivity contribution in [2.24, 2.45) is 0 Å². The quantitative estimate of drug-likeness (QED) is 0.169. The minimum Gasteiger partial charge on any atom is -0.456 e. The summed E-state index contributed by atoms with van der Waals surface area (Å²) >= 11 is 0. The van der Waals surface area contributed by atoms with Crippen LogP contribution in [0.15, 0.2) is 209 Å². The molecule has 11 aromatic rings. The summed E-state index contributed by atoms with van der Waals surface area (Å²) in [4.78, 5) is 2.37. The molecule has 2 aromatic heterocycles. The van der Waals surface area contributed by atoms with Crippen LogP contribution in [0.2, 0.25) is 0 Å². The summed E-state index contributed by atoms with van der Waals surface area (Å²) in [5.74, 6) is 0. The molecule has 12 rings (SSSR count). The number of furan rings is 2. The molecule has 3 heteroatoms. The van der Waals surface area contributed by atoms with E-state index in [2.05, 4.69) is 201 Å². The van der Waals surface area contributed by atoms with Crippen LogP contribution in [-0.2, 0) is 5.41 Å². The van der Waals surface area contributed by atoms with Crippen molar-refractivity contribution < 1.29 is 8.83 Å². The van der Waals surface area contributed by atoms with Crippen LogP contribution in [0.5, 0.6) is 0 Å². The van der Waals surface area contributed by atoms with Gasteiger partial charge in [-0.15, -0.1) is 0 Å². The second kappa shape index (κ2) is 13.2. The van der Waals surface area contributed by atoms with Gasteiger partial charge in [-0.2, -0.15) is 0 Å². The summed E-state index contributed by atoms with van der Waals surface area (Å²) in [6, 6.07) is 71.9. The third-order valence-electron chi connectivity index (χ3n) is 12.7. The van der Waals surface area contributed by atoms with Crippen molar-refractivity contribution in [2.45, 2.75) is 19.3 Å². The van der Waals surface area contributed by atoms with Crippen LogP contribution in [0.1, 0.15) is 25.0 Å². The highest BCUT2D eigenvalue weighted by molar-refractivity contribution is 6.16. The monoisotopic (exact) mass is 769 g/mol. The van der Waals surface area contributed by atoms with Crippen LogP contribution in [-0.4, -0.2) is 0 Å². The van der Waals surface area contributed by atoms with E-state index >= 15 is 0 Å². The Morgan fingerprint density at radius 3 is 1.80 bits per heavy atom. The lowest BCUT2D eigenvalue weighted by atomic mass is 9.82. The van der Waals surface area contributed by atoms with Gasteiger partial charge in [0, 0.05) is 55.7 Å². The van der Waals surface area contributed by atoms with E-state index in [1.807, 2.05) is 18.2 Å². The number of rotatable bonds is 6. The van der Waals surface area contributed by atoms with Gasteiger partial charge in [0.1, 0.15) is 22.3 Å². The lowest BCUT2D eigenvalue weighted by molar-refractivity contribution is 0.660. The van der Waals surface area contributed by atoms with Crippen molar-refractivity contribution >= 4 is 60.9 Å². The van der Waals surface area contributed by atoms with E-state index < -0.39 is 0 Å². The van der Waals surface area contributed by atoms with E-state index in [9.17, 15) is 0 Å². The fraction of sp³-hybridized carbons (Fsp3) is 0.0526. The molecule has 3 nitrogen and oxygen atoms in total. The maximum Gasteiger partial charge on any atom is 0.137 e. The Morgan fingerprint density at radius 1 is 0.350 bits per heavy atom. The van der Waals surface area contributed by atoms with Crippen molar-refractivity contribution in [3.8, 4) is 44.5 Å². The average molecular weight is 770 g/mol. The number of fused-ring (bicyclic) bond motifs is 9. The fourth-order valence-corrected chi connectivity index (χ4v) is 9.76. The molecule has 1 aliphatic carbocycles. The molecule has 0 atom stereocenters. The molecule has 0 amide bonds. The number of hydrogen-bond donors (Lipinski definition) is 0. The van der Waals surface area contributed by atoms with Crippen molar-refractivity contribution in [2.75, 3.05) is 4.90 Å². The van der Waals surface area contributed by atoms with Crippen LogP contribution < -0.4 is 4.90 Å². The average Bonchev–Trinajstić information content (AvgIpc) is 3.94. The zero-order valence-electron chi connectivity index (χ0n) is 33.3. The predicted octanol–water partition coefficient (Wildman–Crippen LogP) is 16.3. The van der Waals surface area contributed by atoms with Gasteiger partial charge in [0.2, 0.25) is 0 Å². The highest BCUT2D eigenvalue weighted by atomic mass is 16.3. The van der Waals surface area contributed by atoms with Crippen LogP contribution in [0.3, 0.4) is 0 Å². The summed E-state index contributed by atoms with van der Waals surface area (Å²) in [7, 11) is 0. The normalized spacial score (nSPS) is 13.0. The zero-order chi connectivity index (χ0) is 40.0. The summed E-state index contributed by atoms with van der Waals surface area (Å²) < 4.78 is 12.9. The molecule has 0 saturated heterocycles. The molecule has 1 aliphatic rings. The molecule has 60 heavy (non-hydrogen) atoms. The molecule has 0 bridgehead atoms. The third-order valence-corrected chi connectivity index (χ3v) is 12.7. The summed E-state index contributed by atoms with van der Waals surface area (Å²) in [5, 5.41) is 4.47. The van der Waals surface area contributed by atoms with Gasteiger partial charge < -0.3 is 13.7 Å². The number of nitrogens with zero attached hydrogens (tertiary/aromatic N) is 1. The van der Waals surface area contributed by atoms with Crippen LogP contribution in [0, 0.1) is 0 Å². The summed E-state index contributed by atoms with van der Waals surface area (Å²) in [6.45, 7) is 4.68. The summed E-state index contributed by atoms with van der Waals surface area (Å²) in [6.07, 6.45) is 0. The van der Waals surface area contributed by atoms with E-state index in [4.69, 9.17) is 8.83 Å². The Morgan fingerprint density at radius 2 is 0.950 bits per heavy atom. The molecule has 9 aromatic carbocycles. The van der Waals surface area contributed by atoms with Crippen molar-refractivity contribution in [1.29, 1.82) is 0 Å². The fourth-order valence-electron chi connectivity index (χ4n) is 9.76. The van der Waals surface area contributed by atoms with Crippen LogP contribution >= 0.6 is 0 Å². The molecule has 2 heterocycles. The maximum absolute atomic E-state index is 6.47. The molecular weight excluding hydrogens is 731 g/mol. The molecule has 0 radical (unpaired) electrons. The van der Waals surface area contributed by atoms with Gasteiger partial charge in [-0.25, -0.2) is 0 Å². The lowest BCUT2D eigenvalue weighted by Crippen LogP contribution is -2.16. The van der Waals surface area contributed by atoms with E-state index in [-0.39, 0.29) is 5.41 Å². The molecular formula is C57H39NO2. The van der Waals surface area contributed by atoms with Gasteiger partial charge in [-0.3, -0.25) is 0 Å². The highest BCUT2D eigenvalue weighted by Gasteiger charge is 2.36. The first kappa shape index (κ1) is 34.4. The van der Waals surface area contributed by atoms with Crippen molar-refractivity contribution in [3.63, 3.8) is 0 Å². The Hall–Kier alpha value is -7.62. The molecule has 0 unspecified atom stereocenters. The van der Waals surface area contributed by atoms with Gasteiger partial charge in [0.25, 0.3) is 0 Å². The summed E-state index contributed by atoms with van der Waals surface area (Å²) in [5.41, 5.74) is 18.9. The number of hydrogen-bond acceptors (Lipinski definition) is 3. The first-order valence-electron chi connectivity index (χ1n) is 20.7. The molecule has 284 valence electrons. The molecule has 0 spiro atoms. The van der Waals surface area contributed by atoms with E-state index in [1.165, 1.54) is 33.4 Å². The van der Waals surface area contributed by atoms with Gasteiger partial charge in [-0.1, -0.05) is 147 Å². The Labute approximate surface area is 348 Å². The number of benzene rings is 9. The Balaban J connectivity index is 1.03. The number of para-hydroxylation sites is 2. The van der Waals surface area contributed by atoms with E-state index in [1.54, 1.807) is 0 Å². The minimum atomic E-state index is -0.135. The highest BCUT2D eigenvalue weighted by Crippen LogP contribution is 2.51. The lowest BCUT2D eigenvalue weighted by Gasteiger charge is -2.28. The Kier molecular flexibility index (Phi) is 7.58. The standard InChI is InChI=1S/C57H39NO2/c1-57(2)49-20-9-6-17-44(49)45-29-27-41(34-50(45)57)58(42-28-30-47-46-18-7-10-21-51(46)60-54(47)35-42)40-25-23-37(24-26-40)43-31-32-53-56(48-19-8-11-22-52(48)59-53)55(43)39-16-12-15-38(33-39)36-13-4-3-5-14-36/h3-35H,1-2H3. The number of anilines is 3. The minimum absolute atomic E-state index is 0.135.